The first-order chi connectivity index (χ1) is 11.2. The molecule has 23 heavy (non-hydrogen) atoms. The van der Waals surface area contributed by atoms with Crippen LogP contribution in [-0.4, -0.2) is 23.0 Å². The Labute approximate surface area is 138 Å². The lowest BCUT2D eigenvalue weighted by Gasteiger charge is -2.22. The second kappa shape index (κ2) is 7.51. The van der Waals surface area contributed by atoms with Crippen molar-refractivity contribution in [1.29, 1.82) is 0 Å². The Morgan fingerprint density at radius 3 is 2.74 bits per heavy atom. The van der Waals surface area contributed by atoms with Crippen molar-refractivity contribution in [1.82, 2.24) is 9.88 Å². The van der Waals surface area contributed by atoms with Gasteiger partial charge < -0.3 is 9.40 Å². The number of hydrogen-bond donors (Lipinski definition) is 1. The highest BCUT2D eigenvalue weighted by Crippen LogP contribution is 2.19. The summed E-state index contributed by atoms with van der Waals surface area (Å²) < 4.78 is 5.53. The summed E-state index contributed by atoms with van der Waals surface area (Å²) in [5.74, 6) is 1.77. The van der Waals surface area contributed by atoms with Crippen LogP contribution in [0.25, 0.3) is 10.9 Å². The van der Waals surface area contributed by atoms with Crippen molar-refractivity contribution in [3.8, 4) is 0 Å². The number of furan rings is 1. The van der Waals surface area contributed by atoms with E-state index in [1.165, 1.54) is 22.9 Å². The van der Waals surface area contributed by atoms with E-state index in [-0.39, 0.29) is 0 Å². The Hall–Kier alpha value is -2.00. The molecule has 1 aromatic carbocycles. The molecule has 2 heterocycles. The van der Waals surface area contributed by atoms with E-state index in [0.29, 0.717) is 0 Å². The number of fused-ring (bicyclic) bond motifs is 1. The molecule has 0 fully saturated rings. The third-order valence-corrected chi connectivity index (χ3v) is 4.35. The standard InChI is InChI=1S/C20H26N2O/c1-16(2)9-11-22(15-18-6-5-13-23-18)12-10-17-14-21-20-8-4-3-7-19(17)20/h3-8,13-14,16,21H,9-12,15H2,1-2H3. The number of benzene rings is 1. The fourth-order valence-corrected chi connectivity index (χ4v) is 2.95. The predicted molar refractivity (Wildman–Crippen MR) is 95.4 cm³/mol. The van der Waals surface area contributed by atoms with Crippen LogP contribution in [0.15, 0.2) is 53.3 Å². The van der Waals surface area contributed by atoms with Gasteiger partial charge in [-0.05, 0) is 49.1 Å². The summed E-state index contributed by atoms with van der Waals surface area (Å²) in [6.45, 7) is 7.62. The fraction of sp³-hybridized carbons (Fsp3) is 0.400. The Kier molecular flexibility index (Phi) is 5.19. The molecule has 0 aliphatic heterocycles. The monoisotopic (exact) mass is 310 g/mol. The van der Waals surface area contributed by atoms with Crippen LogP contribution < -0.4 is 0 Å². The van der Waals surface area contributed by atoms with E-state index in [0.717, 1.165) is 37.7 Å². The lowest BCUT2D eigenvalue weighted by Crippen LogP contribution is -2.27. The quantitative estimate of drug-likeness (QED) is 0.645. The molecule has 0 saturated carbocycles. The minimum Gasteiger partial charge on any atom is -0.468 e. The van der Waals surface area contributed by atoms with Crippen LogP contribution in [0.4, 0.5) is 0 Å². The Morgan fingerprint density at radius 1 is 1.09 bits per heavy atom. The highest BCUT2D eigenvalue weighted by atomic mass is 16.3. The Bertz CT molecular complexity index is 712. The second-order valence-corrected chi connectivity index (χ2v) is 6.65. The number of aromatic nitrogens is 1. The van der Waals surface area contributed by atoms with Gasteiger partial charge in [0.05, 0.1) is 12.8 Å². The summed E-state index contributed by atoms with van der Waals surface area (Å²) in [6, 6.07) is 12.6. The number of H-pyrrole nitrogens is 1. The third-order valence-electron chi connectivity index (χ3n) is 4.35. The highest BCUT2D eigenvalue weighted by molar-refractivity contribution is 5.83. The molecule has 0 unspecified atom stereocenters. The van der Waals surface area contributed by atoms with Crippen LogP contribution in [0.1, 0.15) is 31.6 Å². The maximum Gasteiger partial charge on any atom is 0.117 e. The van der Waals surface area contributed by atoms with Gasteiger partial charge in [-0.25, -0.2) is 0 Å². The van der Waals surface area contributed by atoms with Gasteiger partial charge in [-0.1, -0.05) is 32.0 Å². The summed E-state index contributed by atoms with van der Waals surface area (Å²) in [5.41, 5.74) is 2.62. The first-order valence-electron chi connectivity index (χ1n) is 8.52. The van der Waals surface area contributed by atoms with Gasteiger partial charge in [-0.2, -0.15) is 0 Å². The molecule has 0 amide bonds. The van der Waals surface area contributed by atoms with Crippen LogP contribution in [0, 0.1) is 5.92 Å². The maximum atomic E-state index is 5.53. The number of hydrogen-bond acceptors (Lipinski definition) is 2. The first kappa shape index (κ1) is 15.9. The molecule has 3 rings (SSSR count). The fourth-order valence-electron chi connectivity index (χ4n) is 2.95. The molecule has 2 aromatic heterocycles. The molecule has 0 bridgehead atoms. The van der Waals surface area contributed by atoms with Crippen LogP contribution in [-0.2, 0) is 13.0 Å². The molecule has 3 heteroatoms. The first-order valence-corrected chi connectivity index (χ1v) is 8.52. The van der Waals surface area contributed by atoms with Crippen LogP contribution in [0.5, 0.6) is 0 Å². The van der Waals surface area contributed by atoms with Crippen LogP contribution in [0.3, 0.4) is 0 Å². The summed E-state index contributed by atoms with van der Waals surface area (Å²) in [6.07, 6.45) is 6.19. The van der Waals surface area contributed by atoms with Crippen LogP contribution >= 0.6 is 0 Å². The van der Waals surface area contributed by atoms with E-state index in [9.17, 15) is 0 Å². The topological polar surface area (TPSA) is 32.2 Å². The van der Waals surface area contributed by atoms with Gasteiger partial charge in [0, 0.05) is 23.6 Å². The number of aromatic amines is 1. The van der Waals surface area contributed by atoms with Gasteiger partial charge in [0.25, 0.3) is 0 Å². The summed E-state index contributed by atoms with van der Waals surface area (Å²) >= 11 is 0. The van der Waals surface area contributed by atoms with E-state index in [2.05, 4.69) is 60.3 Å². The lowest BCUT2D eigenvalue weighted by molar-refractivity contribution is 0.233. The maximum absolute atomic E-state index is 5.53. The largest absolute Gasteiger partial charge is 0.468 e. The molecular weight excluding hydrogens is 284 g/mol. The number of nitrogens with one attached hydrogen (secondary N) is 1. The van der Waals surface area contributed by atoms with Gasteiger partial charge in [0.15, 0.2) is 0 Å². The van der Waals surface area contributed by atoms with E-state index in [4.69, 9.17) is 4.42 Å². The van der Waals surface area contributed by atoms with Gasteiger partial charge in [0.2, 0.25) is 0 Å². The van der Waals surface area contributed by atoms with E-state index in [1.54, 1.807) is 6.26 Å². The van der Waals surface area contributed by atoms with Crippen molar-refractivity contribution in [2.24, 2.45) is 5.92 Å². The molecule has 1 N–H and O–H groups in total. The molecule has 122 valence electrons. The molecule has 3 nitrogen and oxygen atoms in total. The minimum atomic E-state index is 0.724. The van der Waals surface area contributed by atoms with Crippen LogP contribution in [0.2, 0.25) is 0 Å². The average Bonchev–Trinajstić information content (AvgIpc) is 3.19. The molecule has 0 atom stereocenters. The van der Waals surface area contributed by atoms with Crippen molar-refractivity contribution in [2.45, 2.75) is 33.2 Å². The van der Waals surface area contributed by atoms with E-state index in [1.807, 2.05) is 6.07 Å². The zero-order valence-electron chi connectivity index (χ0n) is 14.1. The Balaban J connectivity index is 1.65. The molecule has 0 aliphatic rings. The minimum absolute atomic E-state index is 0.724. The normalized spacial score (nSPS) is 11.8. The van der Waals surface area contributed by atoms with Gasteiger partial charge in [0.1, 0.15) is 5.76 Å². The second-order valence-electron chi connectivity index (χ2n) is 6.65. The van der Waals surface area contributed by atoms with Gasteiger partial charge in [-0.15, -0.1) is 0 Å². The third kappa shape index (κ3) is 4.26. The zero-order chi connectivity index (χ0) is 16.1. The number of rotatable bonds is 8. The molecule has 3 aromatic rings. The molecule has 0 radical (unpaired) electrons. The van der Waals surface area contributed by atoms with Crippen molar-refractivity contribution >= 4 is 10.9 Å². The highest BCUT2D eigenvalue weighted by Gasteiger charge is 2.11. The van der Waals surface area contributed by atoms with E-state index >= 15 is 0 Å². The molecule has 0 spiro atoms. The SMILES string of the molecule is CC(C)CCN(CCc1c[nH]c2ccccc12)Cc1ccco1. The van der Waals surface area contributed by atoms with E-state index < -0.39 is 0 Å². The average molecular weight is 310 g/mol. The smallest absolute Gasteiger partial charge is 0.117 e. The van der Waals surface area contributed by atoms with Crippen molar-refractivity contribution in [3.63, 3.8) is 0 Å². The number of nitrogens with zero attached hydrogens (tertiary/aromatic N) is 1. The van der Waals surface area contributed by atoms with Crippen molar-refractivity contribution in [2.75, 3.05) is 13.1 Å². The van der Waals surface area contributed by atoms with Crippen molar-refractivity contribution < 1.29 is 4.42 Å². The molecule has 0 saturated heterocycles. The lowest BCUT2D eigenvalue weighted by atomic mass is 10.1. The summed E-state index contributed by atoms with van der Waals surface area (Å²) in [4.78, 5) is 5.87. The molecular formula is C20H26N2O. The molecule has 0 aliphatic carbocycles. The Morgan fingerprint density at radius 2 is 1.96 bits per heavy atom. The van der Waals surface area contributed by atoms with Gasteiger partial charge >= 0.3 is 0 Å². The van der Waals surface area contributed by atoms with Gasteiger partial charge in [-0.3, -0.25) is 4.90 Å². The predicted octanol–water partition coefficient (Wildman–Crippen LogP) is 4.85. The number of para-hydroxylation sites is 1. The zero-order valence-corrected chi connectivity index (χ0v) is 14.1. The summed E-state index contributed by atoms with van der Waals surface area (Å²) in [7, 11) is 0. The van der Waals surface area contributed by atoms with Crippen molar-refractivity contribution in [3.05, 3.63) is 60.2 Å². The summed E-state index contributed by atoms with van der Waals surface area (Å²) in [5, 5.41) is 1.34.